The molecule has 1 atom stereocenters. The number of ether oxygens (including phenoxy) is 2. The number of fused-ring (bicyclic) bond motifs is 4. The monoisotopic (exact) mass is 607 g/mol. The van der Waals surface area contributed by atoms with Crippen molar-refractivity contribution in [1.29, 1.82) is 0 Å². The number of rotatable bonds is 5. The summed E-state index contributed by atoms with van der Waals surface area (Å²) in [5, 5.41) is 2.46. The molecule has 0 spiro atoms. The van der Waals surface area contributed by atoms with Gasteiger partial charge in [-0.3, -0.25) is 4.79 Å². The van der Waals surface area contributed by atoms with Gasteiger partial charge >= 0.3 is 6.09 Å². The molecule has 2 heterocycles. The van der Waals surface area contributed by atoms with Crippen LogP contribution >= 0.6 is 0 Å². The van der Waals surface area contributed by atoms with Gasteiger partial charge in [0.05, 0.1) is 16.6 Å². The summed E-state index contributed by atoms with van der Waals surface area (Å²) in [4.78, 5) is 36.6. The highest BCUT2D eigenvalue weighted by molar-refractivity contribution is 7.92. The number of aromatic nitrogens is 2. The summed E-state index contributed by atoms with van der Waals surface area (Å²) in [5.41, 5.74) is 3.54. The number of nitrogens with zero attached hydrogens (tertiary/aromatic N) is 3. The van der Waals surface area contributed by atoms with Crippen molar-refractivity contribution in [1.82, 2.24) is 20.2 Å². The fourth-order valence-electron chi connectivity index (χ4n) is 5.70. The second kappa shape index (κ2) is 12.2. The van der Waals surface area contributed by atoms with Gasteiger partial charge < -0.3 is 19.7 Å². The molecule has 2 amide bonds. The Labute approximate surface area is 252 Å². The van der Waals surface area contributed by atoms with Crippen LogP contribution in [-0.2, 0) is 14.8 Å². The summed E-state index contributed by atoms with van der Waals surface area (Å²) in [6.45, 7) is 8.19. The lowest BCUT2D eigenvalue weighted by Crippen LogP contribution is -2.57. The van der Waals surface area contributed by atoms with Crippen LogP contribution < -0.4 is 14.8 Å². The van der Waals surface area contributed by atoms with Gasteiger partial charge in [-0.15, -0.1) is 0 Å². The Hall–Kier alpha value is -4.19. The Balaban J connectivity index is 1.60. The molecule has 1 aliphatic heterocycles. The van der Waals surface area contributed by atoms with Crippen LogP contribution in [0.1, 0.15) is 54.6 Å². The van der Waals surface area contributed by atoms with Crippen molar-refractivity contribution in [3.63, 3.8) is 0 Å². The second-order valence-corrected chi connectivity index (χ2v) is 13.2. The number of carbonyl (C=O) groups excluding carboxylic acids is 2. The number of hydrogen-bond acceptors (Lipinski definition) is 8. The third kappa shape index (κ3) is 6.58. The van der Waals surface area contributed by atoms with E-state index in [9.17, 15) is 18.0 Å². The van der Waals surface area contributed by atoms with Crippen molar-refractivity contribution < 1.29 is 27.5 Å². The molecular formula is C31H37N5O6S. The average molecular weight is 608 g/mol. The van der Waals surface area contributed by atoms with E-state index in [2.05, 4.69) is 33.9 Å². The minimum absolute atomic E-state index is 0.0871. The SMILES string of the molecule is CNC(=O)OC1CC(N2C(=O)c3cccc(c3)S(=O)(=O)Nc3nc(cc(-c4c(C)cccc4C)n3)OC[C@H]2CC(C)C)C1. The maximum atomic E-state index is 14.1. The van der Waals surface area contributed by atoms with E-state index in [-0.39, 0.29) is 58.9 Å². The minimum Gasteiger partial charge on any atom is -0.475 e. The van der Waals surface area contributed by atoms with E-state index in [0.29, 0.717) is 25.0 Å². The van der Waals surface area contributed by atoms with Gasteiger partial charge in [0.25, 0.3) is 15.9 Å². The minimum atomic E-state index is -4.15. The third-order valence-electron chi connectivity index (χ3n) is 7.79. The van der Waals surface area contributed by atoms with Crippen LogP contribution in [0.5, 0.6) is 5.88 Å². The number of hydrogen-bond donors (Lipinski definition) is 2. The predicted molar refractivity (Wildman–Crippen MR) is 161 cm³/mol. The first kappa shape index (κ1) is 30.3. The number of nitrogens with one attached hydrogen (secondary N) is 2. The largest absolute Gasteiger partial charge is 0.475 e. The van der Waals surface area contributed by atoms with Gasteiger partial charge in [0.2, 0.25) is 11.8 Å². The molecule has 0 radical (unpaired) electrons. The quantitative estimate of drug-likeness (QED) is 0.426. The van der Waals surface area contributed by atoms with Gasteiger partial charge in [-0.05, 0) is 55.5 Å². The maximum absolute atomic E-state index is 14.1. The molecule has 5 rings (SSSR count). The average Bonchev–Trinajstić information content (AvgIpc) is 2.93. The molecule has 4 bridgehead atoms. The van der Waals surface area contributed by atoms with Crippen molar-refractivity contribution in [2.75, 3.05) is 18.4 Å². The van der Waals surface area contributed by atoms with Gasteiger partial charge in [-0.1, -0.05) is 38.1 Å². The fourth-order valence-corrected chi connectivity index (χ4v) is 6.69. The van der Waals surface area contributed by atoms with E-state index in [1.165, 1.54) is 19.2 Å². The van der Waals surface area contributed by atoms with Crippen LogP contribution in [0.2, 0.25) is 0 Å². The lowest BCUT2D eigenvalue weighted by atomic mass is 9.85. The van der Waals surface area contributed by atoms with E-state index in [1.54, 1.807) is 23.1 Å². The molecule has 1 aliphatic carbocycles. The topological polar surface area (TPSA) is 140 Å². The first-order chi connectivity index (χ1) is 20.4. The van der Waals surface area contributed by atoms with E-state index >= 15 is 0 Å². The van der Waals surface area contributed by atoms with Gasteiger partial charge in [0.15, 0.2) is 0 Å². The van der Waals surface area contributed by atoms with Crippen LogP contribution in [0, 0.1) is 19.8 Å². The number of amides is 2. The molecule has 12 heteroatoms. The molecule has 1 aromatic heterocycles. The molecule has 2 aromatic carbocycles. The van der Waals surface area contributed by atoms with E-state index in [4.69, 9.17) is 9.47 Å². The number of aryl methyl sites for hydroxylation is 2. The molecule has 2 N–H and O–H groups in total. The van der Waals surface area contributed by atoms with Crippen LogP contribution in [0.3, 0.4) is 0 Å². The van der Waals surface area contributed by atoms with Crippen LogP contribution in [0.15, 0.2) is 53.4 Å². The molecule has 1 saturated carbocycles. The predicted octanol–water partition coefficient (Wildman–Crippen LogP) is 4.70. The summed E-state index contributed by atoms with van der Waals surface area (Å²) in [6, 6.07) is 12.9. The molecule has 2 aliphatic rings. The summed E-state index contributed by atoms with van der Waals surface area (Å²) in [7, 11) is -2.66. The lowest BCUT2D eigenvalue weighted by molar-refractivity contribution is -0.0267. The fraction of sp³-hybridized carbons (Fsp3) is 0.419. The highest BCUT2D eigenvalue weighted by atomic mass is 32.2. The molecule has 0 saturated heterocycles. The Bertz CT molecular complexity index is 1620. The van der Waals surface area contributed by atoms with E-state index in [1.807, 2.05) is 32.0 Å². The number of carbonyl (C=O) groups is 2. The van der Waals surface area contributed by atoms with Crippen molar-refractivity contribution in [3.05, 3.63) is 65.2 Å². The maximum Gasteiger partial charge on any atom is 0.407 e. The number of benzene rings is 2. The Morgan fingerprint density at radius 1 is 1.12 bits per heavy atom. The molecule has 43 heavy (non-hydrogen) atoms. The van der Waals surface area contributed by atoms with E-state index in [0.717, 1.165) is 16.7 Å². The van der Waals surface area contributed by atoms with Crippen molar-refractivity contribution >= 4 is 28.0 Å². The molecular weight excluding hydrogens is 570 g/mol. The highest BCUT2D eigenvalue weighted by Crippen LogP contribution is 2.34. The Morgan fingerprint density at radius 2 is 1.81 bits per heavy atom. The van der Waals surface area contributed by atoms with Gasteiger partial charge in [-0.25, -0.2) is 22.9 Å². The summed E-state index contributed by atoms with van der Waals surface area (Å²) < 4.78 is 41.2. The molecule has 3 aromatic rings. The van der Waals surface area contributed by atoms with Crippen molar-refractivity contribution in [2.45, 2.75) is 70.0 Å². The second-order valence-electron chi connectivity index (χ2n) is 11.5. The first-order valence-electron chi connectivity index (χ1n) is 14.4. The summed E-state index contributed by atoms with van der Waals surface area (Å²) in [5.74, 6) is -0.0384. The molecule has 228 valence electrons. The molecule has 0 unspecified atom stereocenters. The van der Waals surface area contributed by atoms with Crippen molar-refractivity contribution in [3.8, 4) is 17.1 Å². The van der Waals surface area contributed by atoms with E-state index < -0.39 is 16.1 Å². The van der Waals surface area contributed by atoms with Gasteiger partial charge in [-0.2, -0.15) is 4.98 Å². The molecule has 1 fully saturated rings. The van der Waals surface area contributed by atoms with Gasteiger partial charge in [0, 0.05) is 43.1 Å². The van der Waals surface area contributed by atoms with Crippen LogP contribution in [0.4, 0.5) is 10.7 Å². The Morgan fingerprint density at radius 3 is 2.49 bits per heavy atom. The standard InChI is InChI=1S/C31H37N5O6S/c1-18(2)12-23-17-41-27-16-26(28-19(3)8-6-9-20(28)4)33-30(34-27)35-43(39,40)25-11-7-10-21(13-25)29(37)36(23)22-14-24(15-22)42-31(38)32-5/h6-11,13,16,18,22-24H,12,14-15,17H2,1-5H3,(H,32,38)(H,33,34,35)/t22?,23-,24?/m1/s1. The normalized spacial score (nSPS) is 21.3. The summed E-state index contributed by atoms with van der Waals surface area (Å²) >= 11 is 0. The molecule has 11 nitrogen and oxygen atoms in total. The van der Waals surface area contributed by atoms with Crippen LogP contribution in [-0.4, -0.2) is 67.1 Å². The number of sulfonamides is 1. The smallest absolute Gasteiger partial charge is 0.407 e. The van der Waals surface area contributed by atoms with Crippen LogP contribution in [0.25, 0.3) is 11.3 Å². The Kier molecular flexibility index (Phi) is 8.59. The first-order valence-corrected chi connectivity index (χ1v) is 15.9. The lowest BCUT2D eigenvalue weighted by Gasteiger charge is -2.46. The zero-order chi connectivity index (χ0) is 30.9. The third-order valence-corrected chi connectivity index (χ3v) is 9.12. The number of anilines is 1. The summed E-state index contributed by atoms with van der Waals surface area (Å²) in [6.07, 6.45) is 0.694. The number of alkyl carbamates (subject to hydrolysis) is 1. The zero-order valence-electron chi connectivity index (χ0n) is 25.0. The van der Waals surface area contributed by atoms with Crippen molar-refractivity contribution in [2.24, 2.45) is 5.92 Å². The zero-order valence-corrected chi connectivity index (χ0v) is 25.8. The highest BCUT2D eigenvalue weighted by Gasteiger charge is 2.42. The van der Waals surface area contributed by atoms with Gasteiger partial charge in [0.1, 0.15) is 12.7 Å².